The van der Waals surface area contributed by atoms with Crippen LogP contribution in [0.2, 0.25) is 0 Å². The number of sulfonamides is 1. The van der Waals surface area contributed by atoms with Crippen LogP contribution in [-0.4, -0.2) is 43.3 Å². The maximum Gasteiger partial charge on any atom is 0.321 e. The lowest BCUT2D eigenvalue weighted by Gasteiger charge is -2.22. The monoisotopic (exact) mass is 565 g/mol. The van der Waals surface area contributed by atoms with E-state index in [1.807, 2.05) is 19.1 Å². The topological polar surface area (TPSA) is 116 Å². The lowest BCUT2D eigenvalue weighted by Crippen LogP contribution is -2.37. The maximum absolute atomic E-state index is 13.2. The smallest absolute Gasteiger partial charge is 0.321 e. The van der Waals surface area contributed by atoms with Gasteiger partial charge in [0.2, 0.25) is 0 Å². The zero-order valence-corrected chi connectivity index (χ0v) is 22.9. The van der Waals surface area contributed by atoms with Crippen LogP contribution in [0, 0.1) is 12.8 Å². The number of ether oxygens (including phenoxy) is 2. The van der Waals surface area contributed by atoms with Gasteiger partial charge >= 0.3 is 11.9 Å². The van der Waals surface area contributed by atoms with Gasteiger partial charge in [-0.3, -0.25) is 19.2 Å². The number of hydroxylamine groups is 1. The van der Waals surface area contributed by atoms with E-state index in [0.29, 0.717) is 6.42 Å². The molecule has 0 spiro atoms. The molecule has 1 fully saturated rings. The fourth-order valence-electron chi connectivity index (χ4n) is 4.24. The van der Waals surface area contributed by atoms with Gasteiger partial charge in [-0.25, -0.2) is 8.42 Å². The van der Waals surface area contributed by atoms with E-state index in [1.54, 1.807) is 60.7 Å². The largest absolute Gasteiger partial charge is 0.460 e. The molecular weight excluding hydrogens is 534 g/mol. The summed E-state index contributed by atoms with van der Waals surface area (Å²) in [5, 5.41) is 0. The summed E-state index contributed by atoms with van der Waals surface area (Å²) in [6.45, 7) is 1.81. The SMILES string of the molecule is Cc1ccc(S(=O)(=O)N2OCCC2CC(=O)CC(C(=O)OCc2ccccc2)C(=O)OCc2ccccc2)cc1. The predicted octanol–water partition coefficient (Wildman–Crippen LogP) is 4.14. The van der Waals surface area contributed by atoms with Crippen molar-refractivity contribution < 1.29 is 37.1 Å². The second-order valence-corrected chi connectivity index (χ2v) is 11.3. The van der Waals surface area contributed by atoms with E-state index in [9.17, 15) is 22.8 Å². The molecule has 1 atom stereocenters. The third-order valence-electron chi connectivity index (χ3n) is 6.44. The van der Waals surface area contributed by atoms with Gasteiger partial charge < -0.3 is 9.47 Å². The van der Waals surface area contributed by atoms with Crippen LogP contribution in [0.3, 0.4) is 0 Å². The molecular formula is C30H31NO8S. The van der Waals surface area contributed by atoms with Crippen molar-refractivity contribution in [1.29, 1.82) is 0 Å². The zero-order valence-electron chi connectivity index (χ0n) is 22.1. The lowest BCUT2D eigenvalue weighted by molar-refractivity contribution is -0.165. The molecule has 1 saturated heterocycles. The van der Waals surface area contributed by atoms with E-state index in [4.69, 9.17) is 14.3 Å². The normalized spacial score (nSPS) is 15.6. The molecule has 4 rings (SSSR count). The second kappa shape index (κ2) is 13.5. The number of ketones is 1. The molecule has 0 N–H and O–H groups in total. The highest BCUT2D eigenvalue weighted by Gasteiger charge is 2.40. The third-order valence-corrected chi connectivity index (χ3v) is 8.18. The number of benzene rings is 3. The molecule has 40 heavy (non-hydrogen) atoms. The van der Waals surface area contributed by atoms with E-state index in [-0.39, 0.29) is 31.1 Å². The van der Waals surface area contributed by atoms with Gasteiger partial charge in [0.15, 0.2) is 5.92 Å². The van der Waals surface area contributed by atoms with Gasteiger partial charge in [-0.1, -0.05) is 82.8 Å². The Balaban J connectivity index is 1.44. The number of esters is 2. The zero-order chi connectivity index (χ0) is 28.5. The molecule has 1 aliphatic heterocycles. The number of Topliss-reactive ketones (excluding diaryl/α,β-unsaturated/α-hetero) is 1. The van der Waals surface area contributed by atoms with Crippen molar-refractivity contribution in [3.8, 4) is 0 Å². The van der Waals surface area contributed by atoms with Crippen molar-refractivity contribution in [1.82, 2.24) is 4.47 Å². The Labute approximate surface area is 233 Å². The number of hydrogen-bond acceptors (Lipinski definition) is 8. The van der Waals surface area contributed by atoms with Crippen molar-refractivity contribution in [3.63, 3.8) is 0 Å². The lowest BCUT2D eigenvalue weighted by atomic mass is 9.98. The third kappa shape index (κ3) is 7.62. The first-order chi connectivity index (χ1) is 19.2. The molecule has 3 aromatic rings. The van der Waals surface area contributed by atoms with Crippen LogP contribution in [0.1, 0.15) is 36.0 Å². The van der Waals surface area contributed by atoms with Crippen molar-refractivity contribution in [3.05, 3.63) is 102 Å². The van der Waals surface area contributed by atoms with Gasteiger partial charge in [0, 0.05) is 12.8 Å². The summed E-state index contributed by atoms with van der Waals surface area (Å²) >= 11 is 0. The van der Waals surface area contributed by atoms with Gasteiger partial charge in [0.25, 0.3) is 10.0 Å². The summed E-state index contributed by atoms with van der Waals surface area (Å²) in [5.74, 6) is -3.76. The van der Waals surface area contributed by atoms with Gasteiger partial charge in [-0.2, -0.15) is 0 Å². The molecule has 0 radical (unpaired) electrons. The van der Waals surface area contributed by atoms with Crippen LogP contribution in [0.5, 0.6) is 0 Å². The summed E-state index contributed by atoms with van der Waals surface area (Å²) in [6, 6.07) is 23.4. The molecule has 0 aromatic heterocycles. The molecule has 1 unspecified atom stereocenters. The molecule has 3 aromatic carbocycles. The van der Waals surface area contributed by atoms with Crippen molar-refractivity contribution in [2.75, 3.05) is 6.61 Å². The number of carbonyl (C=O) groups is 3. The number of aryl methyl sites for hydroxylation is 1. The Kier molecular flexibility index (Phi) is 9.81. The molecule has 1 heterocycles. The first kappa shape index (κ1) is 29.1. The van der Waals surface area contributed by atoms with Crippen LogP contribution >= 0.6 is 0 Å². The van der Waals surface area contributed by atoms with Crippen molar-refractivity contribution in [2.45, 2.75) is 50.3 Å². The van der Waals surface area contributed by atoms with Crippen molar-refractivity contribution in [2.24, 2.45) is 5.92 Å². The maximum atomic E-state index is 13.2. The van der Waals surface area contributed by atoms with E-state index in [1.165, 1.54) is 12.1 Å². The quantitative estimate of drug-likeness (QED) is 0.238. The average molecular weight is 566 g/mol. The minimum atomic E-state index is -4.01. The Hall–Kier alpha value is -3.86. The van der Waals surface area contributed by atoms with E-state index < -0.39 is 46.1 Å². The first-order valence-corrected chi connectivity index (χ1v) is 14.3. The summed E-state index contributed by atoms with van der Waals surface area (Å²) in [5.41, 5.74) is 2.34. The van der Waals surface area contributed by atoms with Crippen LogP contribution < -0.4 is 0 Å². The number of rotatable bonds is 12. The second-order valence-electron chi connectivity index (χ2n) is 9.54. The molecule has 0 aliphatic carbocycles. The summed E-state index contributed by atoms with van der Waals surface area (Å²) in [7, 11) is -4.01. The molecule has 0 bridgehead atoms. The molecule has 1 aliphatic rings. The fourth-order valence-corrected chi connectivity index (χ4v) is 5.71. The van der Waals surface area contributed by atoms with Gasteiger partial charge in [-0.15, -0.1) is 0 Å². The minimum Gasteiger partial charge on any atom is -0.460 e. The van der Waals surface area contributed by atoms with E-state index >= 15 is 0 Å². The van der Waals surface area contributed by atoms with Gasteiger partial charge in [0.1, 0.15) is 19.0 Å². The first-order valence-electron chi connectivity index (χ1n) is 12.9. The Morgan fingerprint density at radius 2 is 1.38 bits per heavy atom. The Bertz CT molecular complexity index is 1350. The van der Waals surface area contributed by atoms with Gasteiger partial charge in [0.05, 0.1) is 17.5 Å². The number of nitrogens with zero attached hydrogens (tertiary/aromatic N) is 1. The predicted molar refractivity (Wildman–Crippen MR) is 145 cm³/mol. The molecule has 210 valence electrons. The summed E-state index contributed by atoms with van der Waals surface area (Å²) in [4.78, 5) is 44.5. The van der Waals surface area contributed by atoms with Crippen molar-refractivity contribution >= 4 is 27.7 Å². The van der Waals surface area contributed by atoms with Crippen LogP contribution in [-0.2, 0) is 51.9 Å². The molecule has 9 nitrogen and oxygen atoms in total. The standard InChI is InChI=1S/C30H31NO8S/c1-22-12-14-27(15-13-22)40(35,36)31-25(16-17-39-31)18-26(32)19-28(29(33)37-20-23-8-4-2-5-9-23)30(34)38-21-24-10-6-3-7-11-24/h2-15,25,28H,16-21H2,1H3. The Morgan fingerprint density at radius 1 is 0.850 bits per heavy atom. The Morgan fingerprint density at radius 3 is 1.90 bits per heavy atom. The van der Waals surface area contributed by atoms with Crippen LogP contribution in [0.4, 0.5) is 0 Å². The molecule has 0 saturated carbocycles. The van der Waals surface area contributed by atoms with Crippen LogP contribution in [0.15, 0.2) is 89.8 Å². The number of carbonyl (C=O) groups excluding carboxylic acids is 3. The molecule has 0 amide bonds. The van der Waals surface area contributed by atoms with Crippen LogP contribution in [0.25, 0.3) is 0 Å². The highest BCUT2D eigenvalue weighted by atomic mass is 32.2. The number of hydrogen-bond donors (Lipinski definition) is 0. The summed E-state index contributed by atoms with van der Waals surface area (Å²) < 4.78 is 37.9. The molecule has 10 heteroatoms. The fraction of sp³-hybridized carbons (Fsp3) is 0.300. The highest BCUT2D eigenvalue weighted by Crippen LogP contribution is 2.28. The van der Waals surface area contributed by atoms with E-state index in [2.05, 4.69) is 0 Å². The van der Waals surface area contributed by atoms with E-state index in [0.717, 1.165) is 21.2 Å². The van der Waals surface area contributed by atoms with Gasteiger partial charge in [-0.05, 0) is 36.6 Å². The minimum absolute atomic E-state index is 0.0457. The average Bonchev–Trinajstić information content (AvgIpc) is 3.43. The summed E-state index contributed by atoms with van der Waals surface area (Å²) in [6.07, 6.45) is -0.436. The highest BCUT2D eigenvalue weighted by molar-refractivity contribution is 7.89.